The van der Waals surface area contributed by atoms with Crippen molar-refractivity contribution >= 4 is 0 Å². The highest BCUT2D eigenvalue weighted by molar-refractivity contribution is 5.60. The Balaban J connectivity index is 2.31. The Labute approximate surface area is 163 Å². The monoisotopic (exact) mass is 412 g/mol. The Hall–Kier alpha value is -2.77. The van der Waals surface area contributed by atoms with Crippen molar-refractivity contribution in [1.29, 1.82) is 0 Å². The van der Waals surface area contributed by atoms with Gasteiger partial charge in [-0.1, -0.05) is 51.1 Å². The molecule has 3 aromatic rings. The number of hydrogen-bond acceptors (Lipinski definition) is 1. The van der Waals surface area contributed by atoms with E-state index in [4.69, 9.17) is 0 Å². The van der Waals surface area contributed by atoms with Crippen LogP contribution in [0.25, 0.3) is 16.9 Å². The van der Waals surface area contributed by atoms with Crippen LogP contribution < -0.4 is 0 Å². The fraction of sp³-hybridized carbons (Fsp3) is 0.286. The van der Waals surface area contributed by atoms with E-state index < -0.39 is 28.9 Å². The second-order valence-corrected chi connectivity index (χ2v) is 7.68. The molecule has 3 rings (SSSR count). The van der Waals surface area contributed by atoms with Crippen LogP contribution in [0.15, 0.2) is 54.7 Å². The largest absolute Gasteiger partial charge is 0.416 e. The van der Waals surface area contributed by atoms with Crippen LogP contribution in [0.3, 0.4) is 0 Å². The maximum atomic E-state index is 13.7. The fourth-order valence-electron chi connectivity index (χ4n) is 3.20. The van der Waals surface area contributed by atoms with Crippen LogP contribution in [0, 0.1) is 0 Å². The lowest BCUT2D eigenvalue weighted by molar-refractivity contribution is -0.143. The van der Waals surface area contributed by atoms with Gasteiger partial charge in [-0.05, 0) is 29.2 Å². The highest BCUT2D eigenvalue weighted by atomic mass is 19.4. The molecule has 0 saturated heterocycles. The first-order valence-electron chi connectivity index (χ1n) is 8.73. The molecule has 0 bridgehead atoms. The summed E-state index contributed by atoms with van der Waals surface area (Å²) in [6.07, 6.45) is -8.51. The standard InChI is InChI=1S/C21H18F6N2/c1-19(2,3)18-15(21(25,26)27)11-14(20(22,23)24)12-17(18)29-10-9-16(28-29)13-7-5-4-6-8-13/h4-12H,1-3H3. The number of hydrogen-bond donors (Lipinski definition) is 0. The molecule has 0 amide bonds. The Morgan fingerprint density at radius 1 is 0.793 bits per heavy atom. The lowest BCUT2D eigenvalue weighted by atomic mass is 9.81. The lowest BCUT2D eigenvalue weighted by Crippen LogP contribution is -2.24. The molecule has 2 aromatic carbocycles. The number of alkyl halides is 6. The molecule has 0 radical (unpaired) electrons. The van der Waals surface area contributed by atoms with Gasteiger partial charge in [-0.2, -0.15) is 31.4 Å². The summed E-state index contributed by atoms with van der Waals surface area (Å²) < 4.78 is 82.3. The van der Waals surface area contributed by atoms with E-state index >= 15 is 0 Å². The third-order valence-electron chi connectivity index (χ3n) is 4.41. The van der Waals surface area contributed by atoms with Crippen molar-refractivity contribution in [1.82, 2.24) is 9.78 Å². The molecule has 0 unspecified atom stereocenters. The number of aromatic nitrogens is 2. The predicted octanol–water partition coefficient (Wildman–Crippen LogP) is 6.87. The van der Waals surface area contributed by atoms with Gasteiger partial charge < -0.3 is 0 Å². The van der Waals surface area contributed by atoms with E-state index in [1.54, 1.807) is 36.4 Å². The first kappa shape index (κ1) is 21.0. The molecular formula is C21H18F6N2. The van der Waals surface area contributed by atoms with Crippen molar-refractivity contribution in [2.45, 2.75) is 38.5 Å². The van der Waals surface area contributed by atoms with Crippen molar-refractivity contribution in [3.05, 3.63) is 71.4 Å². The Morgan fingerprint density at radius 3 is 1.93 bits per heavy atom. The van der Waals surface area contributed by atoms with Crippen molar-refractivity contribution < 1.29 is 26.3 Å². The van der Waals surface area contributed by atoms with Gasteiger partial charge in [0.15, 0.2) is 0 Å². The molecule has 29 heavy (non-hydrogen) atoms. The molecule has 1 aromatic heterocycles. The van der Waals surface area contributed by atoms with E-state index in [-0.39, 0.29) is 17.3 Å². The summed E-state index contributed by atoms with van der Waals surface area (Å²) in [6.45, 7) is 4.57. The number of rotatable bonds is 2. The maximum absolute atomic E-state index is 13.7. The zero-order valence-electron chi connectivity index (χ0n) is 15.9. The normalized spacial score (nSPS) is 13.0. The minimum atomic E-state index is -4.95. The van der Waals surface area contributed by atoms with Crippen LogP contribution in [-0.2, 0) is 17.8 Å². The average Bonchev–Trinajstić information content (AvgIpc) is 3.09. The van der Waals surface area contributed by atoms with Crippen molar-refractivity contribution in [2.75, 3.05) is 0 Å². The van der Waals surface area contributed by atoms with Gasteiger partial charge in [-0.25, -0.2) is 4.68 Å². The zero-order chi connectivity index (χ0) is 21.6. The molecular weight excluding hydrogens is 394 g/mol. The second-order valence-electron chi connectivity index (χ2n) is 7.68. The summed E-state index contributed by atoms with van der Waals surface area (Å²) >= 11 is 0. The van der Waals surface area contributed by atoms with Gasteiger partial charge in [0.25, 0.3) is 0 Å². The summed E-state index contributed by atoms with van der Waals surface area (Å²) in [6, 6.07) is 11.3. The van der Waals surface area contributed by atoms with Gasteiger partial charge in [0.2, 0.25) is 0 Å². The first-order valence-corrected chi connectivity index (χ1v) is 8.73. The van der Waals surface area contributed by atoms with E-state index in [0.29, 0.717) is 11.3 Å². The minimum Gasteiger partial charge on any atom is -0.240 e. The van der Waals surface area contributed by atoms with Gasteiger partial charge in [0.05, 0.1) is 22.5 Å². The third-order valence-corrected chi connectivity index (χ3v) is 4.41. The van der Waals surface area contributed by atoms with Crippen LogP contribution in [0.5, 0.6) is 0 Å². The van der Waals surface area contributed by atoms with Crippen molar-refractivity contribution in [3.8, 4) is 16.9 Å². The Kier molecular flexibility index (Phi) is 5.01. The fourth-order valence-corrected chi connectivity index (χ4v) is 3.20. The van der Waals surface area contributed by atoms with Crippen LogP contribution in [0.1, 0.15) is 37.5 Å². The molecule has 1 heterocycles. The topological polar surface area (TPSA) is 17.8 Å². The van der Waals surface area contributed by atoms with Gasteiger partial charge >= 0.3 is 12.4 Å². The van der Waals surface area contributed by atoms with E-state index in [1.807, 2.05) is 0 Å². The SMILES string of the molecule is CC(C)(C)c1c(-n2ccc(-c3ccccc3)n2)cc(C(F)(F)F)cc1C(F)(F)F. The third kappa shape index (κ3) is 4.31. The summed E-state index contributed by atoms with van der Waals surface area (Å²) in [5.74, 6) is 0. The van der Waals surface area contributed by atoms with Crippen LogP contribution >= 0.6 is 0 Å². The summed E-state index contributed by atoms with van der Waals surface area (Å²) in [5.41, 5.74) is -3.12. The van der Waals surface area contributed by atoms with E-state index in [0.717, 1.165) is 10.7 Å². The molecule has 8 heteroatoms. The molecule has 0 atom stereocenters. The molecule has 0 aliphatic heterocycles. The minimum absolute atomic E-state index is 0.172. The maximum Gasteiger partial charge on any atom is 0.416 e. The Bertz CT molecular complexity index is 1010. The number of nitrogens with zero attached hydrogens (tertiary/aromatic N) is 2. The van der Waals surface area contributed by atoms with Crippen LogP contribution in [-0.4, -0.2) is 9.78 Å². The molecule has 0 N–H and O–H groups in total. The number of benzene rings is 2. The molecule has 0 spiro atoms. The molecule has 0 fully saturated rings. The summed E-state index contributed by atoms with van der Waals surface area (Å²) in [5, 5.41) is 4.25. The highest BCUT2D eigenvalue weighted by Crippen LogP contribution is 2.44. The quantitative estimate of drug-likeness (QED) is 0.420. The predicted molar refractivity (Wildman–Crippen MR) is 97.7 cm³/mol. The van der Waals surface area contributed by atoms with E-state index in [1.165, 1.54) is 27.0 Å². The van der Waals surface area contributed by atoms with Crippen molar-refractivity contribution in [3.63, 3.8) is 0 Å². The molecule has 0 aliphatic carbocycles. The molecule has 0 saturated carbocycles. The van der Waals surface area contributed by atoms with Gasteiger partial charge in [0.1, 0.15) is 0 Å². The van der Waals surface area contributed by atoms with E-state index in [2.05, 4.69) is 5.10 Å². The molecule has 0 aliphatic rings. The lowest BCUT2D eigenvalue weighted by Gasteiger charge is -2.28. The molecule has 2 nitrogen and oxygen atoms in total. The first-order chi connectivity index (χ1) is 13.3. The zero-order valence-corrected chi connectivity index (χ0v) is 15.9. The van der Waals surface area contributed by atoms with Gasteiger partial charge in [0, 0.05) is 11.8 Å². The summed E-state index contributed by atoms with van der Waals surface area (Å²) in [4.78, 5) is 0. The highest BCUT2D eigenvalue weighted by Gasteiger charge is 2.42. The van der Waals surface area contributed by atoms with Crippen LogP contribution in [0.2, 0.25) is 0 Å². The van der Waals surface area contributed by atoms with Gasteiger partial charge in [-0.3, -0.25) is 0 Å². The van der Waals surface area contributed by atoms with E-state index in [9.17, 15) is 26.3 Å². The summed E-state index contributed by atoms with van der Waals surface area (Å²) in [7, 11) is 0. The smallest absolute Gasteiger partial charge is 0.240 e. The second kappa shape index (κ2) is 6.93. The Morgan fingerprint density at radius 2 is 1.41 bits per heavy atom. The average molecular weight is 412 g/mol. The molecule has 154 valence electrons. The van der Waals surface area contributed by atoms with Crippen molar-refractivity contribution in [2.24, 2.45) is 0 Å². The van der Waals surface area contributed by atoms with Gasteiger partial charge in [-0.15, -0.1) is 0 Å². The number of halogens is 6. The van der Waals surface area contributed by atoms with Crippen LogP contribution in [0.4, 0.5) is 26.3 Å².